The lowest BCUT2D eigenvalue weighted by molar-refractivity contribution is 0.102. The number of hydrogen-bond acceptors (Lipinski definition) is 6. The summed E-state index contributed by atoms with van der Waals surface area (Å²) in [7, 11) is 0. The molecule has 8 heteroatoms. The standard InChI is InChI=1S/C23H22Cl2N2O3S/c24-18-10-11-21(19(25)12-18)29-13-22-26-27-23(30-22)31-14-20(28)17-8-6-16(7-9-17)15-4-2-1-3-5-15/h6-12,15H,1-5,13-14H2. The molecular formula is C23H22Cl2N2O3S. The van der Waals surface area contributed by atoms with Crippen molar-refractivity contribution in [3.63, 3.8) is 0 Å². The van der Waals surface area contributed by atoms with Gasteiger partial charge in [0.25, 0.3) is 11.1 Å². The van der Waals surface area contributed by atoms with E-state index in [4.69, 9.17) is 32.4 Å². The van der Waals surface area contributed by atoms with Gasteiger partial charge in [-0.05, 0) is 42.5 Å². The summed E-state index contributed by atoms with van der Waals surface area (Å²) in [5.74, 6) is 1.68. The predicted octanol–water partition coefficient (Wildman–Crippen LogP) is 6.98. The van der Waals surface area contributed by atoms with E-state index in [0.29, 0.717) is 38.4 Å². The fraction of sp³-hybridized carbons (Fsp3) is 0.348. The van der Waals surface area contributed by atoms with Crippen molar-refractivity contribution in [2.75, 3.05) is 5.75 Å². The van der Waals surface area contributed by atoms with Gasteiger partial charge < -0.3 is 9.15 Å². The van der Waals surface area contributed by atoms with Crippen molar-refractivity contribution in [3.05, 3.63) is 69.5 Å². The average Bonchev–Trinajstić information content (AvgIpc) is 3.25. The fourth-order valence-corrected chi connectivity index (χ4v) is 4.81. The molecule has 0 N–H and O–H groups in total. The smallest absolute Gasteiger partial charge is 0.277 e. The normalized spacial score (nSPS) is 14.5. The van der Waals surface area contributed by atoms with Gasteiger partial charge in [-0.1, -0.05) is 78.5 Å². The summed E-state index contributed by atoms with van der Waals surface area (Å²) in [5.41, 5.74) is 2.04. The van der Waals surface area contributed by atoms with E-state index in [-0.39, 0.29) is 18.1 Å². The minimum atomic E-state index is 0.0316. The monoisotopic (exact) mass is 476 g/mol. The molecule has 0 amide bonds. The Kier molecular flexibility index (Phi) is 7.54. The quantitative estimate of drug-likeness (QED) is 0.258. The number of benzene rings is 2. The number of Topliss-reactive ketones (excluding diaryl/α,β-unsaturated/α-hetero) is 1. The van der Waals surface area contributed by atoms with Crippen LogP contribution in [0.5, 0.6) is 5.75 Å². The number of ether oxygens (including phenoxy) is 1. The number of thioether (sulfide) groups is 1. The van der Waals surface area contributed by atoms with Crippen LogP contribution in [0.4, 0.5) is 0 Å². The van der Waals surface area contributed by atoms with Crippen LogP contribution in [-0.4, -0.2) is 21.7 Å². The van der Waals surface area contributed by atoms with E-state index in [1.807, 2.05) is 12.1 Å². The molecule has 2 aromatic carbocycles. The molecular weight excluding hydrogens is 455 g/mol. The molecule has 0 radical (unpaired) electrons. The number of rotatable bonds is 8. The van der Waals surface area contributed by atoms with Crippen LogP contribution in [0.2, 0.25) is 10.0 Å². The number of hydrogen-bond donors (Lipinski definition) is 0. The Labute approximate surface area is 195 Å². The number of halogens is 2. The Morgan fingerprint density at radius 1 is 1.06 bits per heavy atom. The number of carbonyl (C=O) groups is 1. The van der Waals surface area contributed by atoms with Crippen LogP contribution in [0.15, 0.2) is 52.1 Å². The van der Waals surface area contributed by atoms with Gasteiger partial charge in [-0.15, -0.1) is 10.2 Å². The van der Waals surface area contributed by atoms with Crippen molar-refractivity contribution in [1.82, 2.24) is 10.2 Å². The molecule has 0 atom stereocenters. The van der Waals surface area contributed by atoms with Crippen molar-refractivity contribution < 1.29 is 13.9 Å². The van der Waals surface area contributed by atoms with E-state index in [1.54, 1.807) is 18.2 Å². The fourth-order valence-electron chi connectivity index (χ4n) is 3.67. The van der Waals surface area contributed by atoms with Crippen molar-refractivity contribution in [2.45, 2.75) is 49.9 Å². The minimum absolute atomic E-state index is 0.0316. The van der Waals surface area contributed by atoms with Crippen LogP contribution in [-0.2, 0) is 6.61 Å². The van der Waals surface area contributed by atoms with Crippen molar-refractivity contribution in [1.29, 1.82) is 0 Å². The van der Waals surface area contributed by atoms with Crippen molar-refractivity contribution in [3.8, 4) is 5.75 Å². The summed E-state index contributed by atoms with van der Waals surface area (Å²) in [6, 6.07) is 13.0. The second-order valence-corrected chi connectivity index (χ2v) is 9.26. The van der Waals surface area contributed by atoms with Crippen LogP contribution in [0.3, 0.4) is 0 Å². The topological polar surface area (TPSA) is 65.2 Å². The van der Waals surface area contributed by atoms with Gasteiger partial charge in [-0.3, -0.25) is 4.79 Å². The zero-order valence-electron chi connectivity index (χ0n) is 16.9. The molecule has 0 unspecified atom stereocenters. The average molecular weight is 477 g/mol. The van der Waals surface area contributed by atoms with Crippen molar-refractivity contribution in [2.24, 2.45) is 0 Å². The highest BCUT2D eigenvalue weighted by molar-refractivity contribution is 7.99. The number of aromatic nitrogens is 2. The summed E-state index contributed by atoms with van der Waals surface area (Å²) in [6.07, 6.45) is 6.42. The molecule has 0 bridgehead atoms. The molecule has 0 saturated heterocycles. The molecule has 4 rings (SSSR count). The third kappa shape index (κ3) is 6.03. The summed E-state index contributed by atoms with van der Waals surface area (Å²) in [5, 5.41) is 9.18. The predicted molar refractivity (Wildman–Crippen MR) is 122 cm³/mol. The zero-order valence-corrected chi connectivity index (χ0v) is 19.2. The lowest BCUT2D eigenvalue weighted by atomic mass is 9.84. The molecule has 1 aromatic heterocycles. The van der Waals surface area contributed by atoms with E-state index in [1.165, 1.54) is 49.4 Å². The number of carbonyl (C=O) groups excluding carboxylic acids is 1. The first kappa shape index (κ1) is 22.2. The second kappa shape index (κ2) is 10.5. The Balaban J connectivity index is 1.27. The lowest BCUT2D eigenvalue weighted by Gasteiger charge is -2.22. The molecule has 1 aliphatic rings. The number of nitrogens with zero attached hydrogens (tertiary/aromatic N) is 2. The maximum atomic E-state index is 12.5. The van der Waals surface area contributed by atoms with Crippen LogP contribution in [0, 0.1) is 0 Å². The Hall–Kier alpha value is -2.02. The molecule has 1 saturated carbocycles. The highest BCUT2D eigenvalue weighted by Crippen LogP contribution is 2.33. The van der Waals surface area contributed by atoms with Crippen LogP contribution < -0.4 is 4.74 Å². The molecule has 162 valence electrons. The van der Waals surface area contributed by atoms with E-state index in [9.17, 15) is 4.79 Å². The van der Waals surface area contributed by atoms with Gasteiger partial charge >= 0.3 is 0 Å². The molecule has 31 heavy (non-hydrogen) atoms. The van der Waals surface area contributed by atoms with E-state index in [0.717, 1.165) is 0 Å². The zero-order chi connectivity index (χ0) is 21.6. The summed E-state index contributed by atoms with van der Waals surface area (Å²) in [4.78, 5) is 12.5. The molecule has 1 aliphatic carbocycles. The van der Waals surface area contributed by atoms with E-state index in [2.05, 4.69) is 22.3 Å². The SMILES string of the molecule is O=C(CSc1nnc(COc2ccc(Cl)cc2Cl)o1)c1ccc(C2CCCCC2)cc1. The molecule has 0 spiro atoms. The van der Waals surface area contributed by atoms with Gasteiger partial charge in [0, 0.05) is 10.6 Å². The van der Waals surface area contributed by atoms with Gasteiger partial charge in [0.05, 0.1) is 10.8 Å². The van der Waals surface area contributed by atoms with E-state index >= 15 is 0 Å². The third-order valence-corrected chi connectivity index (χ3v) is 6.68. The molecule has 1 heterocycles. The first-order valence-electron chi connectivity index (χ1n) is 10.2. The third-order valence-electron chi connectivity index (χ3n) is 5.33. The highest BCUT2D eigenvalue weighted by Gasteiger charge is 2.17. The maximum absolute atomic E-state index is 12.5. The lowest BCUT2D eigenvalue weighted by Crippen LogP contribution is -2.06. The highest BCUT2D eigenvalue weighted by atomic mass is 35.5. The maximum Gasteiger partial charge on any atom is 0.277 e. The Bertz CT molecular complexity index is 1030. The largest absolute Gasteiger partial charge is 0.482 e. The first-order chi connectivity index (χ1) is 15.1. The van der Waals surface area contributed by atoms with E-state index < -0.39 is 0 Å². The first-order valence-corrected chi connectivity index (χ1v) is 12.0. The number of ketones is 1. The minimum Gasteiger partial charge on any atom is -0.482 e. The second-order valence-electron chi connectivity index (χ2n) is 7.49. The van der Waals surface area contributed by atoms with Crippen LogP contribution >= 0.6 is 35.0 Å². The van der Waals surface area contributed by atoms with Gasteiger partial charge in [0.1, 0.15) is 5.75 Å². The molecule has 1 fully saturated rings. The van der Waals surface area contributed by atoms with Gasteiger partial charge in [-0.2, -0.15) is 0 Å². The van der Waals surface area contributed by atoms with Crippen LogP contribution in [0.1, 0.15) is 59.8 Å². The summed E-state index contributed by atoms with van der Waals surface area (Å²) >= 11 is 13.2. The molecule has 5 nitrogen and oxygen atoms in total. The summed E-state index contributed by atoms with van der Waals surface area (Å²) < 4.78 is 11.1. The molecule has 0 aliphatic heterocycles. The van der Waals surface area contributed by atoms with Crippen LogP contribution in [0.25, 0.3) is 0 Å². The van der Waals surface area contributed by atoms with Crippen molar-refractivity contribution >= 4 is 40.7 Å². The summed E-state index contributed by atoms with van der Waals surface area (Å²) in [6.45, 7) is 0.0749. The molecule has 3 aromatic rings. The Morgan fingerprint density at radius 2 is 1.84 bits per heavy atom. The van der Waals surface area contributed by atoms with Gasteiger partial charge in [-0.25, -0.2) is 0 Å². The van der Waals surface area contributed by atoms with Gasteiger partial charge in [0.2, 0.25) is 0 Å². The van der Waals surface area contributed by atoms with Gasteiger partial charge in [0.15, 0.2) is 12.4 Å². The Morgan fingerprint density at radius 3 is 2.58 bits per heavy atom.